The minimum Gasteiger partial charge on any atom is -0.372 e. The maximum absolute atomic E-state index is 11.3. The van der Waals surface area contributed by atoms with E-state index in [1.54, 1.807) is 0 Å². The van der Waals surface area contributed by atoms with Crippen molar-refractivity contribution in [3.63, 3.8) is 0 Å². The van der Waals surface area contributed by atoms with Gasteiger partial charge < -0.3 is 9.64 Å². The van der Waals surface area contributed by atoms with Gasteiger partial charge in [-0.25, -0.2) is 0 Å². The molecular formula is C11H13NO2. The van der Waals surface area contributed by atoms with Crippen LogP contribution >= 0.6 is 0 Å². The highest BCUT2D eigenvalue weighted by atomic mass is 16.5. The summed E-state index contributed by atoms with van der Waals surface area (Å²) in [6.45, 7) is 1.43. The van der Waals surface area contributed by atoms with Gasteiger partial charge in [0.05, 0.1) is 12.7 Å². The van der Waals surface area contributed by atoms with Crippen LogP contribution in [0.5, 0.6) is 0 Å². The minimum absolute atomic E-state index is 0.183. The molecule has 0 bridgehead atoms. The normalized spacial score (nSPS) is 39.9. The van der Waals surface area contributed by atoms with Crippen LogP contribution in [0.4, 0.5) is 0 Å². The summed E-state index contributed by atoms with van der Waals surface area (Å²) in [6.07, 6.45) is 9.22. The largest absolute Gasteiger partial charge is 0.372 e. The number of β-lactam (4-membered cyclic amide) rings is 1. The van der Waals surface area contributed by atoms with E-state index in [0.29, 0.717) is 25.0 Å². The average molecular weight is 191 g/mol. The van der Waals surface area contributed by atoms with Crippen LogP contribution in [-0.4, -0.2) is 36.1 Å². The quantitative estimate of drug-likeness (QED) is 0.528. The molecule has 0 spiro atoms. The second-order valence-corrected chi connectivity index (χ2v) is 4.04. The zero-order chi connectivity index (χ0) is 9.54. The van der Waals surface area contributed by atoms with Gasteiger partial charge in [0, 0.05) is 24.9 Å². The Kier molecular flexibility index (Phi) is 1.74. The SMILES string of the molecule is O=C1CC2C3C=CC=CC3OCCN12. The third-order valence-corrected chi connectivity index (χ3v) is 3.32. The monoisotopic (exact) mass is 191 g/mol. The van der Waals surface area contributed by atoms with Crippen LogP contribution in [0.3, 0.4) is 0 Å². The predicted molar refractivity (Wildman–Crippen MR) is 51.6 cm³/mol. The summed E-state index contributed by atoms with van der Waals surface area (Å²) in [5, 5.41) is 0. The highest BCUT2D eigenvalue weighted by Gasteiger charge is 2.44. The molecule has 3 rings (SSSR count). The molecule has 3 aliphatic rings. The van der Waals surface area contributed by atoms with Gasteiger partial charge in [-0.3, -0.25) is 4.79 Å². The molecule has 0 saturated carbocycles. The second kappa shape index (κ2) is 2.95. The van der Waals surface area contributed by atoms with Crippen LogP contribution < -0.4 is 0 Å². The molecule has 0 radical (unpaired) electrons. The summed E-state index contributed by atoms with van der Waals surface area (Å²) in [5.41, 5.74) is 0. The standard InChI is InChI=1S/C11H13NO2/c13-11-7-9-8-3-1-2-4-10(8)14-6-5-12(9)11/h1-4,8-10H,5-7H2. The number of amides is 1. The number of allylic oxidation sites excluding steroid dienone is 2. The van der Waals surface area contributed by atoms with Crippen molar-refractivity contribution in [2.24, 2.45) is 5.92 Å². The van der Waals surface area contributed by atoms with Crippen LogP contribution in [0, 0.1) is 5.92 Å². The minimum atomic E-state index is 0.183. The molecule has 2 fully saturated rings. The van der Waals surface area contributed by atoms with Gasteiger partial charge in [0.1, 0.15) is 0 Å². The van der Waals surface area contributed by atoms with Gasteiger partial charge >= 0.3 is 0 Å². The van der Waals surface area contributed by atoms with Crippen molar-refractivity contribution in [1.82, 2.24) is 4.90 Å². The molecule has 3 nitrogen and oxygen atoms in total. The molecule has 2 heterocycles. The van der Waals surface area contributed by atoms with Gasteiger partial charge in [-0.2, -0.15) is 0 Å². The molecule has 1 aliphatic carbocycles. The van der Waals surface area contributed by atoms with Crippen LogP contribution in [-0.2, 0) is 9.53 Å². The van der Waals surface area contributed by atoms with E-state index in [1.807, 2.05) is 11.0 Å². The van der Waals surface area contributed by atoms with E-state index in [9.17, 15) is 4.79 Å². The summed E-state index contributed by atoms with van der Waals surface area (Å²) < 4.78 is 5.70. The summed E-state index contributed by atoms with van der Waals surface area (Å²) in [4.78, 5) is 13.3. The Bertz CT molecular complexity index is 321. The van der Waals surface area contributed by atoms with Gasteiger partial charge in [0.15, 0.2) is 0 Å². The number of nitrogens with zero attached hydrogens (tertiary/aromatic N) is 1. The van der Waals surface area contributed by atoms with E-state index in [4.69, 9.17) is 4.74 Å². The Labute approximate surface area is 83.0 Å². The van der Waals surface area contributed by atoms with Crippen molar-refractivity contribution in [2.75, 3.05) is 13.2 Å². The third kappa shape index (κ3) is 1.05. The number of hydrogen-bond acceptors (Lipinski definition) is 2. The van der Waals surface area contributed by atoms with E-state index >= 15 is 0 Å². The maximum Gasteiger partial charge on any atom is 0.225 e. The van der Waals surface area contributed by atoms with Gasteiger partial charge in [-0.1, -0.05) is 24.3 Å². The summed E-state index contributed by atoms with van der Waals surface area (Å²) in [6, 6.07) is 0.385. The molecular weight excluding hydrogens is 178 g/mol. The number of carbonyl (C=O) groups is 1. The number of carbonyl (C=O) groups excluding carboxylic acids is 1. The first-order valence-corrected chi connectivity index (χ1v) is 5.12. The van der Waals surface area contributed by atoms with Gasteiger partial charge in [-0.15, -0.1) is 0 Å². The molecule has 3 heteroatoms. The molecule has 0 N–H and O–H groups in total. The van der Waals surface area contributed by atoms with Crippen molar-refractivity contribution < 1.29 is 9.53 Å². The van der Waals surface area contributed by atoms with Gasteiger partial charge in [-0.05, 0) is 0 Å². The molecule has 2 saturated heterocycles. The topological polar surface area (TPSA) is 29.5 Å². The van der Waals surface area contributed by atoms with Crippen molar-refractivity contribution in [3.05, 3.63) is 24.3 Å². The van der Waals surface area contributed by atoms with E-state index in [0.717, 1.165) is 6.54 Å². The second-order valence-electron chi connectivity index (χ2n) is 4.04. The van der Waals surface area contributed by atoms with Crippen LogP contribution in [0.25, 0.3) is 0 Å². The van der Waals surface area contributed by atoms with Crippen LogP contribution in [0.15, 0.2) is 24.3 Å². The lowest BCUT2D eigenvalue weighted by Crippen LogP contribution is -2.56. The average Bonchev–Trinajstić information content (AvgIpc) is 2.35. The highest BCUT2D eigenvalue weighted by Crippen LogP contribution is 2.34. The molecule has 1 amide bonds. The number of rotatable bonds is 0. The van der Waals surface area contributed by atoms with E-state index in [-0.39, 0.29) is 12.0 Å². The highest BCUT2D eigenvalue weighted by molar-refractivity contribution is 5.83. The van der Waals surface area contributed by atoms with Crippen molar-refractivity contribution in [2.45, 2.75) is 18.6 Å². The first-order valence-electron chi connectivity index (χ1n) is 5.12. The Morgan fingerprint density at radius 2 is 2.21 bits per heavy atom. The first-order chi connectivity index (χ1) is 6.86. The summed E-state index contributed by atoms with van der Waals surface area (Å²) >= 11 is 0. The predicted octanol–water partition coefficient (Wildman–Crippen LogP) is 0.728. The number of hydrogen-bond donors (Lipinski definition) is 0. The van der Waals surface area contributed by atoms with Crippen molar-refractivity contribution in [3.8, 4) is 0 Å². The Morgan fingerprint density at radius 1 is 1.36 bits per heavy atom. The van der Waals surface area contributed by atoms with Crippen molar-refractivity contribution in [1.29, 1.82) is 0 Å². The molecule has 74 valence electrons. The van der Waals surface area contributed by atoms with E-state index in [2.05, 4.69) is 18.2 Å². The Morgan fingerprint density at radius 3 is 3.07 bits per heavy atom. The van der Waals surface area contributed by atoms with Crippen LogP contribution in [0.1, 0.15) is 6.42 Å². The lowest BCUT2D eigenvalue weighted by atomic mass is 9.83. The molecule has 3 atom stereocenters. The maximum atomic E-state index is 11.3. The molecule has 0 aromatic heterocycles. The summed E-state index contributed by atoms with van der Waals surface area (Å²) in [5.74, 6) is 0.655. The fraction of sp³-hybridized carbons (Fsp3) is 0.545. The van der Waals surface area contributed by atoms with E-state index in [1.165, 1.54) is 0 Å². The fourth-order valence-corrected chi connectivity index (χ4v) is 2.52. The fourth-order valence-electron chi connectivity index (χ4n) is 2.52. The number of fused-ring (bicyclic) bond motifs is 3. The smallest absolute Gasteiger partial charge is 0.225 e. The zero-order valence-electron chi connectivity index (χ0n) is 7.93. The van der Waals surface area contributed by atoms with Crippen molar-refractivity contribution >= 4 is 5.91 Å². The third-order valence-electron chi connectivity index (χ3n) is 3.32. The number of ether oxygens (including phenoxy) is 1. The van der Waals surface area contributed by atoms with E-state index < -0.39 is 0 Å². The Balaban J connectivity index is 1.87. The molecule has 2 aliphatic heterocycles. The lowest BCUT2D eigenvalue weighted by Gasteiger charge is -2.43. The van der Waals surface area contributed by atoms with Crippen LogP contribution in [0.2, 0.25) is 0 Å². The zero-order valence-corrected chi connectivity index (χ0v) is 7.93. The van der Waals surface area contributed by atoms with Gasteiger partial charge in [0.25, 0.3) is 0 Å². The summed E-state index contributed by atoms with van der Waals surface area (Å²) in [7, 11) is 0. The lowest BCUT2D eigenvalue weighted by molar-refractivity contribution is -0.146. The Hall–Kier alpha value is -1.09. The molecule has 0 aromatic carbocycles. The first kappa shape index (κ1) is 8.24. The molecule has 0 aromatic rings. The molecule has 3 unspecified atom stereocenters. The molecule has 14 heavy (non-hydrogen) atoms. The van der Waals surface area contributed by atoms with Gasteiger partial charge in [0.2, 0.25) is 5.91 Å².